The van der Waals surface area contributed by atoms with E-state index in [1.54, 1.807) is 29.2 Å². The van der Waals surface area contributed by atoms with Crippen LogP contribution in [0.25, 0.3) is 0 Å². The summed E-state index contributed by atoms with van der Waals surface area (Å²) in [6.45, 7) is 2.64. The van der Waals surface area contributed by atoms with Crippen LogP contribution in [-0.4, -0.2) is 60.7 Å². The molecule has 0 saturated carbocycles. The van der Waals surface area contributed by atoms with E-state index in [0.29, 0.717) is 50.6 Å². The standard InChI is InChI=1S/C26H31N3O5S/c30-23(9-4-10-24(31)34-17-5-8-20-6-2-1-3-7-20)28-26(35)27-22-13-11-21(12-14-22)25(32)29-15-18-33-19-16-29/h1-3,6-7,11-14H,4-5,8-10,15-19H2,(H2,27,28,30,35). The molecular weight excluding hydrogens is 466 g/mol. The molecule has 2 N–H and O–H groups in total. The van der Waals surface area contributed by atoms with E-state index in [9.17, 15) is 14.4 Å². The highest BCUT2D eigenvalue weighted by atomic mass is 32.1. The zero-order valence-electron chi connectivity index (χ0n) is 19.7. The molecule has 3 rings (SSSR count). The van der Waals surface area contributed by atoms with E-state index in [2.05, 4.69) is 10.6 Å². The number of amides is 2. The number of rotatable bonds is 10. The van der Waals surface area contributed by atoms with Crippen LogP contribution in [-0.2, 0) is 25.5 Å². The van der Waals surface area contributed by atoms with Gasteiger partial charge in [0.15, 0.2) is 5.11 Å². The van der Waals surface area contributed by atoms with Crippen molar-refractivity contribution in [3.63, 3.8) is 0 Å². The van der Waals surface area contributed by atoms with Gasteiger partial charge in [-0.3, -0.25) is 14.4 Å². The smallest absolute Gasteiger partial charge is 0.305 e. The van der Waals surface area contributed by atoms with Crippen molar-refractivity contribution in [2.24, 2.45) is 0 Å². The van der Waals surface area contributed by atoms with E-state index >= 15 is 0 Å². The van der Waals surface area contributed by atoms with Crippen LogP contribution in [0.4, 0.5) is 5.69 Å². The molecule has 2 aromatic rings. The largest absolute Gasteiger partial charge is 0.466 e. The maximum absolute atomic E-state index is 12.5. The number of carbonyl (C=O) groups excluding carboxylic acids is 3. The van der Waals surface area contributed by atoms with Crippen LogP contribution in [0.5, 0.6) is 0 Å². The van der Waals surface area contributed by atoms with Gasteiger partial charge >= 0.3 is 5.97 Å². The first-order valence-electron chi connectivity index (χ1n) is 11.8. The van der Waals surface area contributed by atoms with Crippen molar-refractivity contribution < 1.29 is 23.9 Å². The Morgan fingerprint density at radius 2 is 1.66 bits per heavy atom. The average molecular weight is 498 g/mol. The molecule has 1 saturated heterocycles. The van der Waals surface area contributed by atoms with E-state index in [4.69, 9.17) is 21.7 Å². The predicted molar refractivity (Wildman–Crippen MR) is 137 cm³/mol. The molecule has 9 heteroatoms. The predicted octanol–water partition coefficient (Wildman–Crippen LogP) is 3.32. The van der Waals surface area contributed by atoms with Gasteiger partial charge in [-0.05, 0) is 61.3 Å². The summed E-state index contributed by atoms with van der Waals surface area (Å²) >= 11 is 5.19. The van der Waals surface area contributed by atoms with Crippen molar-refractivity contribution >= 4 is 40.8 Å². The van der Waals surface area contributed by atoms with Gasteiger partial charge in [-0.2, -0.15) is 0 Å². The van der Waals surface area contributed by atoms with Crippen LogP contribution in [0.1, 0.15) is 41.6 Å². The lowest BCUT2D eigenvalue weighted by atomic mass is 10.1. The number of ether oxygens (including phenoxy) is 2. The van der Waals surface area contributed by atoms with E-state index in [1.165, 1.54) is 5.56 Å². The summed E-state index contributed by atoms with van der Waals surface area (Å²) in [6, 6.07) is 16.9. The second kappa shape index (κ2) is 14.2. The number of anilines is 1. The Morgan fingerprint density at radius 1 is 0.943 bits per heavy atom. The molecule has 1 aliphatic rings. The van der Waals surface area contributed by atoms with Crippen LogP contribution < -0.4 is 10.6 Å². The summed E-state index contributed by atoms with van der Waals surface area (Å²) < 4.78 is 10.5. The summed E-state index contributed by atoms with van der Waals surface area (Å²) in [6.07, 6.45) is 2.34. The summed E-state index contributed by atoms with van der Waals surface area (Å²) in [5.74, 6) is -0.623. The van der Waals surface area contributed by atoms with Gasteiger partial charge in [-0.15, -0.1) is 0 Å². The molecule has 0 bridgehead atoms. The zero-order valence-corrected chi connectivity index (χ0v) is 20.5. The molecule has 8 nitrogen and oxygen atoms in total. The first-order chi connectivity index (χ1) is 17.0. The fourth-order valence-electron chi connectivity index (χ4n) is 3.57. The number of hydrogen-bond acceptors (Lipinski definition) is 6. The molecule has 0 aliphatic carbocycles. The number of carbonyl (C=O) groups is 3. The Kier molecular flexibility index (Phi) is 10.7. The third kappa shape index (κ3) is 9.46. The van der Waals surface area contributed by atoms with Crippen LogP contribution in [0.3, 0.4) is 0 Å². The van der Waals surface area contributed by atoms with Crippen molar-refractivity contribution in [2.75, 3.05) is 38.2 Å². The second-order valence-corrected chi connectivity index (χ2v) is 8.56. The summed E-state index contributed by atoms with van der Waals surface area (Å²) in [7, 11) is 0. The average Bonchev–Trinajstić information content (AvgIpc) is 2.88. The molecule has 0 unspecified atom stereocenters. The first kappa shape index (κ1) is 26.3. The summed E-state index contributed by atoms with van der Waals surface area (Å²) in [5.41, 5.74) is 2.45. The Hall–Kier alpha value is -3.30. The Morgan fingerprint density at radius 3 is 2.37 bits per heavy atom. The molecule has 0 atom stereocenters. The topological polar surface area (TPSA) is 97.0 Å². The minimum absolute atomic E-state index is 0.0366. The molecule has 0 aromatic heterocycles. The van der Waals surface area contributed by atoms with Gasteiger partial charge in [0.2, 0.25) is 5.91 Å². The highest BCUT2D eigenvalue weighted by molar-refractivity contribution is 7.80. The molecule has 1 fully saturated rings. The fraction of sp³-hybridized carbons (Fsp3) is 0.385. The number of aryl methyl sites for hydroxylation is 1. The summed E-state index contributed by atoms with van der Waals surface area (Å²) in [4.78, 5) is 38.2. The highest BCUT2D eigenvalue weighted by Crippen LogP contribution is 2.13. The highest BCUT2D eigenvalue weighted by Gasteiger charge is 2.18. The minimum atomic E-state index is -0.307. The van der Waals surface area contributed by atoms with E-state index in [1.807, 2.05) is 30.3 Å². The van der Waals surface area contributed by atoms with Crippen LogP contribution >= 0.6 is 12.2 Å². The number of hydrogen-bond donors (Lipinski definition) is 2. The van der Waals surface area contributed by atoms with Crippen molar-refractivity contribution in [1.29, 1.82) is 0 Å². The van der Waals surface area contributed by atoms with Gasteiger partial charge < -0.3 is 25.0 Å². The van der Waals surface area contributed by atoms with Gasteiger partial charge in [-0.1, -0.05) is 30.3 Å². The Balaban J connectivity index is 1.28. The van der Waals surface area contributed by atoms with Crippen molar-refractivity contribution in [2.45, 2.75) is 32.1 Å². The minimum Gasteiger partial charge on any atom is -0.466 e. The van der Waals surface area contributed by atoms with Crippen molar-refractivity contribution in [3.05, 3.63) is 65.7 Å². The number of thiocarbonyl (C=S) groups is 1. The maximum Gasteiger partial charge on any atom is 0.305 e. The molecule has 2 aromatic carbocycles. The normalized spacial score (nSPS) is 13.1. The molecule has 0 spiro atoms. The number of morpholine rings is 1. The molecule has 186 valence electrons. The lowest BCUT2D eigenvalue weighted by molar-refractivity contribution is -0.143. The molecule has 2 amide bonds. The van der Waals surface area contributed by atoms with Crippen molar-refractivity contribution in [3.8, 4) is 0 Å². The van der Waals surface area contributed by atoms with Gasteiger partial charge in [0.05, 0.1) is 19.8 Å². The van der Waals surface area contributed by atoms with E-state index in [0.717, 1.165) is 12.8 Å². The Labute approximate surface area is 211 Å². The molecule has 1 heterocycles. The fourth-order valence-corrected chi connectivity index (χ4v) is 3.80. The SMILES string of the molecule is O=C(CCCC(=O)OCCCc1ccccc1)NC(=S)Nc1ccc(C(=O)N2CCOCC2)cc1. The molecule has 35 heavy (non-hydrogen) atoms. The molecular formula is C26H31N3O5S. The van der Waals surface area contributed by atoms with E-state index < -0.39 is 0 Å². The first-order valence-corrected chi connectivity index (χ1v) is 12.2. The maximum atomic E-state index is 12.5. The van der Waals surface area contributed by atoms with Gasteiger partial charge in [0.1, 0.15) is 0 Å². The lowest BCUT2D eigenvalue weighted by Crippen LogP contribution is -2.40. The van der Waals surface area contributed by atoms with Crippen LogP contribution in [0.2, 0.25) is 0 Å². The number of nitrogens with one attached hydrogen (secondary N) is 2. The van der Waals surface area contributed by atoms with Gasteiger partial charge in [0, 0.05) is 37.2 Å². The third-order valence-corrected chi connectivity index (χ3v) is 5.65. The third-order valence-electron chi connectivity index (χ3n) is 5.44. The molecule has 0 radical (unpaired) electrons. The quantitative estimate of drug-likeness (QED) is 0.295. The number of benzene rings is 2. The Bertz CT molecular complexity index is 992. The molecule has 1 aliphatic heterocycles. The van der Waals surface area contributed by atoms with Gasteiger partial charge in [0.25, 0.3) is 5.91 Å². The van der Waals surface area contributed by atoms with Crippen LogP contribution in [0.15, 0.2) is 54.6 Å². The van der Waals surface area contributed by atoms with Gasteiger partial charge in [-0.25, -0.2) is 0 Å². The number of nitrogens with zero attached hydrogens (tertiary/aromatic N) is 1. The number of esters is 1. The zero-order chi connectivity index (χ0) is 24.9. The monoisotopic (exact) mass is 497 g/mol. The summed E-state index contributed by atoms with van der Waals surface area (Å²) in [5, 5.41) is 5.69. The van der Waals surface area contributed by atoms with Crippen LogP contribution in [0, 0.1) is 0 Å². The van der Waals surface area contributed by atoms with E-state index in [-0.39, 0.29) is 35.7 Å². The van der Waals surface area contributed by atoms with Crippen molar-refractivity contribution in [1.82, 2.24) is 10.2 Å². The lowest BCUT2D eigenvalue weighted by Gasteiger charge is -2.26. The second-order valence-electron chi connectivity index (χ2n) is 8.15.